The highest BCUT2D eigenvalue weighted by atomic mass is 35.5. The van der Waals surface area contributed by atoms with Crippen molar-refractivity contribution in [2.45, 2.75) is 32.9 Å². The molecule has 160 valence electrons. The number of thiophene rings is 1. The van der Waals surface area contributed by atoms with E-state index in [1.54, 1.807) is 26.8 Å². The zero-order chi connectivity index (χ0) is 22.3. The van der Waals surface area contributed by atoms with Crippen LogP contribution in [0.3, 0.4) is 0 Å². The first-order valence-electron chi connectivity index (χ1n) is 9.49. The van der Waals surface area contributed by atoms with E-state index in [0.717, 1.165) is 16.2 Å². The molecule has 1 aliphatic heterocycles. The van der Waals surface area contributed by atoms with Gasteiger partial charge in [0.25, 0.3) is 5.56 Å². The Hall–Kier alpha value is -2.55. The summed E-state index contributed by atoms with van der Waals surface area (Å²) in [4.78, 5) is 32.0. The summed E-state index contributed by atoms with van der Waals surface area (Å²) in [7, 11) is 0. The number of halogens is 2. The van der Waals surface area contributed by atoms with Crippen molar-refractivity contribution in [1.29, 1.82) is 0 Å². The van der Waals surface area contributed by atoms with E-state index in [2.05, 4.69) is 4.99 Å². The molecule has 1 aliphatic rings. The number of hydrogen-bond donors (Lipinski definition) is 0. The summed E-state index contributed by atoms with van der Waals surface area (Å²) in [6, 6.07) is 7.40. The van der Waals surface area contributed by atoms with Crippen LogP contribution in [0.1, 0.15) is 37.3 Å². The molecule has 1 aromatic carbocycles. The number of rotatable bonds is 4. The fraction of sp³-hybridized carbons (Fsp3) is 0.227. The third-order valence-electron chi connectivity index (χ3n) is 4.67. The van der Waals surface area contributed by atoms with Crippen molar-refractivity contribution >= 4 is 46.3 Å². The fourth-order valence-corrected chi connectivity index (χ4v) is 5.43. The number of esters is 1. The summed E-state index contributed by atoms with van der Waals surface area (Å²) in [6.07, 6.45) is 1.11. The molecule has 0 unspecified atom stereocenters. The molecular formula is C22H18ClFN2O3S2. The lowest BCUT2D eigenvalue weighted by Gasteiger charge is -2.24. The van der Waals surface area contributed by atoms with Crippen molar-refractivity contribution in [1.82, 2.24) is 4.57 Å². The molecule has 4 rings (SSSR count). The number of carbonyl (C=O) groups is 1. The number of hydrogen-bond acceptors (Lipinski definition) is 6. The third kappa shape index (κ3) is 4.03. The summed E-state index contributed by atoms with van der Waals surface area (Å²) in [6.45, 7) is 5.25. The molecule has 3 heterocycles. The van der Waals surface area contributed by atoms with Crippen LogP contribution in [0.25, 0.3) is 6.08 Å². The normalized spacial score (nSPS) is 16.5. The van der Waals surface area contributed by atoms with Crippen LogP contribution in [0.4, 0.5) is 4.39 Å². The summed E-state index contributed by atoms with van der Waals surface area (Å²) >= 11 is 8.70. The van der Waals surface area contributed by atoms with Gasteiger partial charge in [-0.3, -0.25) is 9.36 Å². The van der Waals surface area contributed by atoms with Gasteiger partial charge in [-0.25, -0.2) is 14.2 Å². The van der Waals surface area contributed by atoms with Crippen molar-refractivity contribution in [3.05, 3.63) is 88.0 Å². The zero-order valence-electron chi connectivity index (χ0n) is 16.9. The molecule has 0 amide bonds. The van der Waals surface area contributed by atoms with Crippen LogP contribution in [0.15, 0.2) is 56.8 Å². The SMILES string of the molecule is CC1=C(C(=O)OC(C)C)[C@H](c2cccs2)n2c(s/c(=C\c3c(F)cccc3Cl)c2=O)=N1. The van der Waals surface area contributed by atoms with E-state index in [-0.39, 0.29) is 26.8 Å². The number of nitrogens with zero attached hydrogens (tertiary/aromatic N) is 2. The molecule has 2 aromatic heterocycles. The lowest BCUT2D eigenvalue weighted by atomic mass is 10.0. The summed E-state index contributed by atoms with van der Waals surface area (Å²) in [5, 5.41) is 2.09. The topological polar surface area (TPSA) is 60.7 Å². The largest absolute Gasteiger partial charge is 0.459 e. The van der Waals surface area contributed by atoms with Crippen molar-refractivity contribution < 1.29 is 13.9 Å². The van der Waals surface area contributed by atoms with E-state index in [9.17, 15) is 14.0 Å². The Bertz CT molecular complexity index is 1350. The number of ether oxygens (including phenoxy) is 1. The predicted molar refractivity (Wildman–Crippen MR) is 121 cm³/mol. The summed E-state index contributed by atoms with van der Waals surface area (Å²) < 4.78 is 21.5. The molecule has 0 saturated carbocycles. The molecule has 3 aromatic rings. The first-order chi connectivity index (χ1) is 14.8. The van der Waals surface area contributed by atoms with Crippen LogP contribution in [-0.4, -0.2) is 16.6 Å². The minimum Gasteiger partial charge on any atom is -0.459 e. The molecule has 0 saturated heterocycles. The molecule has 0 N–H and O–H groups in total. The van der Waals surface area contributed by atoms with Crippen molar-refractivity contribution in [2.24, 2.45) is 4.99 Å². The molecule has 0 bridgehead atoms. The van der Waals surface area contributed by atoms with E-state index in [1.807, 2.05) is 17.5 Å². The maximum absolute atomic E-state index is 14.3. The summed E-state index contributed by atoms with van der Waals surface area (Å²) in [5.41, 5.74) is 0.570. The Labute approximate surface area is 190 Å². The van der Waals surface area contributed by atoms with Gasteiger partial charge in [0.15, 0.2) is 4.80 Å². The second-order valence-corrected chi connectivity index (χ2v) is 9.58. The maximum Gasteiger partial charge on any atom is 0.338 e. The van der Waals surface area contributed by atoms with Gasteiger partial charge >= 0.3 is 5.97 Å². The molecule has 31 heavy (non-hydrogen) atoms. The minimum absolute atomic E-state index is 0.136. The molecule has 1 atom stereocenters. The fourth-order valence-electron chi connectivity index (χ4n) is 3.36. The van der Waals surface area contributed by atoms with Gasteiger partial charge in [0, 0.05) is 10.4 Å². The second-order valence-electron chi connectivity index (χ2n) is 7.19. The first kappa shape index (κ1) is 21.7. The highest BCUT2D eigenvalue weighted by Crippen LogP contribution is 2.33. The molecule has 0 spiro atoms. The van der Waals surface area contributed by atoms with Crippen LogP contribution < -0.4 is 14.9 Å². The minimum atomic E-state index is -0.666. The second kappa shape index (κ2) is 8.53. The molecule has 9 heteroatoms. The molecular weight excluding hydrogens is 459 g/mol. The molecule has 0 radical (unpaired) electrons. The smallest absolute Gasteiger partial charge is 0.338 e. The Kier molecular flexibility index (Phi) is 5.96. The number of carbonyl (C=O) groups excluding carboxylic acids is 1. The van der Waals surface area contributed by atoms with Crippen LogP contribution in [0.5, 0.6) is 0 Å². The Morgan fingerprint density at radius 1 is 1.32 bits per heavy atom. The Morgan fingerprint density at radius 3 is 2.74 bits per heavy atom. The Morgan fingerprint density at radius 2 is 2.10 bits per heavy atom. The number of aromatic nitrogens is 1. The first-order valence-corrected chi connectivity index (χ1v) is 11.6. The van der Waals surface area contributed by atoms with Crippen LogP contribution in [0, 0.1) is 5.82 Å². The predicted octanol–water partition coefficient (Wildman–Crippen LogP) is 4.04. The monoisotopic (exact) mass is 476 g/mol. The number of benzene rings is 1. The number of allylic oxidation sites excluding steroid dienone is 1. The number of fused-ring (bicyclic) bond motifs is 1. The molecule has 0 fully saturated rings. The van der Waals surface area contributed by atoms with Crippen LogP contribution in [-0.2, 0) is 9.53 Å². The maximum atomic E-state index is 14.3. The van der Waals surface area contributed by atoms with Crippen molar-refractivity contribution in [2.75, 3.05) is 0 Å². The lowest BCUT2D eigenvalue weighted by Crippen LogP contribution is -2.39. The average molecular weight is 477 g/mol. The van der Waals surface area contributed by atoms with E-state index in [4.69, 9.17) is 16.3 Å². The van der Waals surface area contributed by atoms with Gasteiger partial charge in [-0.1, -0.05) is 35.1 Å². The average Bonchev–Trinajstić information content (AvgIpc) is 3.32. The molecule has 5 nitrogen and oxygen atoms in total. The Balaban J connectivity index is 1.96. The van der Waals surface area contributed by atoms with Gasteiger partial charge in [-0.05, 0) is 50.4 Å². The van der Waals surface area contributed by atoms with Gasteiger partial charge in [0.05, 0.1) is 26.9 Å². The summed E-state index contributed by atoms with van der Waals surface area (Å²) in [5.74, 6) is -1.04. The van der Waals surface area contributed by atoms with E-state index in [1.165, 1.54) is 34.1 Å². The number of thiazole rings is 1. The van der Waals surface area contributed by atoms with Gasteiger partial charge in [-0.15, -0.1) is 11.3 Å². The molecule has 0 aliphatic carbocycles. The van der Waals surface area contributed by atoms with Crippen LogP contribution in [0.2, 0.25) is 5.02 Å². The van der Waals surface area contributed by atoms with Crippen molar-refractivity contribution in [3.63, 3.8) is 0 Å². The highest BCUT2D eigenvalue weighted by molar-refractivity contribution is 7.10. The third-order valence-corrected chi connectivity index (χ3v) is 6.91. The lowest BCUT2D eigenvalue weighted by molar-refractivity contribution is -0.143. The van der Waals surface area contributed by atoms with Gasteiger partial charge in [0.2, 0.25) is 0 Å². The van der Waals surface area contributed by atoms with E-state index >= 15 is 0 Å². The van der Waals surface area contributed by atoms with E-state index in [0.29, 0.717) is 16.1 Å². The zero-order valence-corrected chi connectivity index (χ0v) is 19.3. The van der Waals surface area contributed by atoms with Gasteiger partial charge < -0.3 is 4.74 Å². The van der Waals surface area contributed by atoms with Crippen LogP contribution >= 0.6 is 34.3 Å². The van der Waals surface area contributed by atoms with Gasteiger partial charge in [0.1, 0.15) is 11.9 Å². The highest BCUT2D eigenvalue weighted by Gasteiger charge is 2.34. The van der Waals surface area contributed by atoms with E-state index < -0.39 is 17.8 Å². The van der Waals surface area contributed by atoms with Gasteiger partial charge in [-0.2, -0.15) is 0 Å². The standard InChI is InChI=1S/C22H18ClFN2O3S2/c1-11(2)29-21(28)18-12(3)25-22-26(19(18)16-8-5-9-30-16)20(27)17(31-22)10-13-14(23)6-4-7-15(13)24/h4-11,19H,1-3H3/b17-10-/t19-/m0/s1. The quantitative estimate of drug-likeness (QED) is 0.534. The van der Waals surface area contributed by atoms with Crippen molar-refractivity contribution in [3.8, 4) is 0 Å².